The third kappa shape index (κ3) is 3.30. The Hall–Kier alpha value is -3.03. The number of ether oxygens (including phenoxy) is 1. The van der Waals surface area contributed by atoms with Gasteiger partial charge in [0.1, 0.15) is 6.61 Å². The molecule has 2 aromatic rings. The molecule has 0 spiro atoms. The molecule has 0 saturated carbocycles. The number of benzene rings is 1. The second-order valence-corrected chi connectivity index (χ2v) is 3.98. The van der Waals surface area contributed by atoms with Gasteiger partial charge in [-0.15, -0.1) is 0 Å². The van der Waals surface area contributed by atoms with E-state index in [0.29, 0.717) is 0 Å². The molecule has 2 rings (SSSR count). The summed E-state index contributed by atoms with van der Waals surface area (Å²) in [6.07, 6.45) is 1.32. The van der Waals surface area contributed by atoms with Gasteiger partial charge in [-0.25, -0.2) is 14.2 Å². The van der Waals surface area contributed by atoms with E-state index in [4.69, 9.17) is 9.84 Å². The Labute approximate surface area is 117 Å². The van der Waals surface area contributed by atoms with Crippen LogP contribution < -0.4 is 4.74 Å². The maximum absolute atomic E-state index is 13.6. The third-order valence-electron chi connectivity index (χ3n) is 2.60. The van der Waals surface area contributed by atoms with Crippen molar-refractivity contribution in [3.8, 4) is 5.75 Å². The number of pyridine rings is 1. The lowest BCUT2D eigenvalue weighted by molar-refractivity contribution is -0.385. The maximum atomic E-state index is 13.6. The number of non-ortho nitro benzene ring substituents is 1. The number of nitro benzene ring substituents is 1. The average molecular weight is 292 g/mol. The van der Waals surface area contributed by atoms with Crippen LogP contribution in [0.25, 0.3) is 0 Å². The van der Waals surface area contributed by atoms with Gasteiger partial charge in [-0.2, -0.15) is 0 Å². The van der Waals surface area contributed by atoms with E-state index in [-0.39, 0.29) is 23.6 Å². The summed E-state index contributed by atoms with van der Waals surface area (Å²) in [5, 5.41) is 19.4. The first kappa shape index (κ1) is 14.4. The molecule has 8 heteroatoms. The molecule has 21 heavy (non-hydrogen) atoms. The average Bonchev–Trinajstić information content (AvgIpc) is 2.46. The minimum Gasteiger partial charge on any atom is -0.486 e. The van der Waals surface area contributed by atoms with Crippen molar-refractivity contribution >= 4 is 11.7 Å². The lowest BCUT2D eigenvalue weighted by Crippen LogP contribution is -2.08. The van der Waals surface area contributed by atoms with Crippen LogP contribution in [-0.2, 0) is 6.61 Å². The summed E-state index contributed by atoms with van der Waals surface area (Å²) in [5.41, 5.74) is -0.324. The summed E-state index contributed by atoms with van der Waals surface area (Å²) < 4.78 is 18.8. The number of carbonyl (C=O) groups is 1. The van der Waals surface area contributed by atoms with Crippen molar-refractivity contribution in [2.75, 3.05) is 0 Å². The lowest BCUT2D eigenvalue weighted by Gasteiger charge is -2.08. The highest BCUT2D eigenvalue weighted by Gasteiger charge is 2.14. The number of halogens is 1. The van der Waals surface area contributed by atoms with Gasteiger partial charge in [0.2, 0.25) is 0 Å². The molecule has 0 fully saturated rings. The number of nitrogens with zero attached hydrogens (tertiary/aromatic N) is 2. The topological polar surface area (TPSA) is 103 Å². The van der Waals surface area contributed by atoms with Crippen molar-refractivity contribution in [1.82, 2.24) is 4.98 Å². The molecule has 0 bridgehead atoms. The standard InChI is InChI=1S/C13H9FN2O5/c14-10-6-9(16(19)20)3-4-11(10)21-7-8-2-1-5-15-12(8)13(17)18/h1-6H,7H2,(H,17,18). The molecule has 0 saturated heterocycles. The Morgan fingerprint density at radius 1 is 1.43 bits per heavy atom. The van der Waals surface area contributed by atoms with Crippen molar-refractivity contribution in [3.05, 3.63) is 63.7 Å². The summed E-state index contributed by atoms with van der Waals surface area (Å²) >= 11 is 0. The van der Waals surface area contributed by atoms with Crippen LogP contribution in [0.5, 0.6) is 5.75 Å². The number of hydrogen-bond donors (Lipinski definition) is 1. The fraction of sp³-hybridized carbons (Fsp3) is 0.0769. The highest BCUT2D eigenvalue weighted by atomic mass is 19.1. The number of carboxylic acid groups (broad SMARTS) is 1. The minimum absolute atomic E-state index is 0.195. The normalized spacial score (nSPS) is 10.1. The maximum Gasteiger partial charge on any atom is 0.354 e. The highest BCUT2D eigenvalue weighted by Crippen LogP contribution is 2.23. The predicted molar refractivity (Wildman–Crippen MR) is 68.6 cm³/mol. The molecule has 1 aromatic carbocycles. The van der Waals surface area contributed by atoms with E-state index in [0.717, 1.165) is 18.2 Å². The lowest BCUT2D eigenvalue weighted by atomic mass is 10.2. The molecule has 108 valence electrons. The SMILES string of the molecule is O=C(O)c1ncccc1COc1ccc([N+](=O)[O-])cc1F. The Morgan fingerprint density at radius 2 is 2.19 bits per heavy atom. The van der Waals surface area contributed by atoms with Gasteiger partial charge in [0.25, 0.3) is 5.69 Å². The Bertz CT molecular complexity index is 705. The highest BCUT2D eigenvalue weighted by molar-refractivity contribution is 5.86. The monoisotopic (exact) mass is 292 g/mol. The van der Waals surface area contributed by atoms with E-state index in [9.17, 15) is 19.3 Å². The number of rotatable bonds is 5. The second-order valence-electron chi connectivity index (χ2n) is 3.98. The summed E-state index contributed by atoms with van der Waals surface area (Å²) in [4.78, 5) is 24.4. The van der Waals surface area contributed by atoms with Gasteiger partial charge < -0.3 is 9.84 Å². The van der Waals surface area contributed by atoms with Crippen molar-refractivity contribution in [2.24, 2.45) is 0 Å². The number of nitro groups is 1. The third-order valence-corrected chi connectivity index (χ3v) is 2.60. The molecule has 0 aliphatic rings. The first-order chi connectivity index (χ1) is 9.99. The van der Waals surface area contributed by atoms with E-state index in [1.54, 1.807) is 0 Å². The molecule has 0 atom stereocenters. The molecule has 0 amide bonds. The second kappa shape index (κ2) is 5.95. The summed E-state index contributed by atoms with van der Waals surface area (Å²) in [6, 6.07) is 5.96. The molecule has 1 heterocycles. The molecule has 7 nitrogen and oxygen atoms in total. The largest absolute Gasteiger partial charge is 0.486 e. The molecule has 1 aromatic heterocycles. The molecule has 1 N–H and O–H groups in total. The first-order valence-electron chi connectivity index (χ1n) is 5.73. The van der Waals surface area contributed by atoms with E-state index in [2.05, 4.69) is 4.98 Å². The zero-order chi connectivity index (χ0) is 15.4. The van der Waals surface area contributed by atoms with Crippen molar-refractivity contribution in [1.29, 1.82) is 0 Å². The number of carboxylic acids is 1. The van der Waals surface area contributed by atoms with Crippen molar-refractivity contribution < 1.29 is 24.0 Å². The number of aromatic nitrogens is 1. The summed E-state index contributed by atoms with van der Waals surface area (Å²) in [5.74, 6) is -2.33. The van der Waals surface area contributed by atoms with Gasteiger partial charge in [0.05, 0.1) is 11.0 Å². The van der Waals surface area contributed by atoms with Gasteiger partial charge in [0, 0.05) is 17.8 Å². The van der Waals surface area contributed by atoms with Crippen LogP contribution in [0.3, 0.4) is 0 Å². The van der Waals surface area contributed by atoms with Crippen molar-refractivity contribution in [3.63, 3.8) is 0 Å². The van der Waals surface area contributed by atoms with Gasteiger partial charge in [0.15, 0.2) is 17.3 Å². The quantitative estimate of drug-likeness (QED) is 0.670. The fourth-order valence-corrected chi connectivity index (χ4v) is 1.62. The van der Waals surface area contributed by atoms with Crippen LogP contribution in [0.15, 0.2) is 36.5 Å². The van der Waals surface area contributed by atoms with Crippen LogP contribution in [-0.4, -0.2) is 21.0 Å². The van der Waals surface area contributed by atoms with Crippen LogP contribution in [0, 0.1) is 15.9 Å². The zero-order valence-corrected chi connectivity index (χ0v) is 10.5. The van der Waals surface area contributed by atoms with E-state index in [1.807, 2.05) is 0 Å². The first-order valence-corrected chi connectivity index (χ1v) is 5.73. The molecular formula is C13H9FN2O5. The zero-order valence-electron chi connectivity index (χ0n) is 10.5. The minimum atomic E-state index is -1.22. The van der Waals surface area contributed by atoms with Gasteiger partial charge in [-0.1, -0.05) is 6.07 Å². The predicted octanol–water partition coefficient (Wildman–Crippen LogP) is 2.41. The van der Waals surface area contributed by atoms with Crippen molar-refractivity contribution in [2.45, 2.75) is 6.61 Å². The van der Waals surface area contributed by atoms with Gasteiger partial charge in [-0.3, -0.25) is 10.1 Å². The molecule has 0 aliphatic carbocycles. The molecule has 0 radical (unpaired) electrons. The van der Waals surface area contributed by atoms with Crippen LogP contribution in [0.2, 0.25) is 0 Å². The van der Waals surface area contributed by atoms with E-state index in [1.165, 1.54) is 18.3 Å². The Balaban J connectivity index is 2.17. The fourth-order valence-electron chi connectivity index (χ4n) is 1.62. The summed E-state index contributed by atoms with van der Waals surface area (Å²) in [6.45, 7) is -0.218. The van der Waals surface area contributed by atoms with Crippen LogP contribution in [0.1, 0.15) is 16.1 Å². The molecular weight excluding hydrogens is 283 g/mol. The smallest absolute Gasteiger partial charge is 0.354 e. The number of hydrogen-bond acceptors (Lipinski definition) is 5. The molecule has 0 aliphatic heterocycles. The number of aromatic carboxylic acids is 1. The van der Waals surface area contributed by atoms with E-state index < -0.39 is 22.4 Å². The molecule has 0 unspecified atom stereocenters. The Morgan fingerprint density at radius 3 is 2.81 bits per heavy atom. The van der Waals surface area contributed by atoms with Crippen LogP contribution >= 0.6 is 0 Å². The van der Waals surface area contributed by atoms with Crippen LogP contribution in [0.4, 0.5) is 10.1 Å². The van der Waals surface area contributed by atoms with Gasteiger partial charge >= 0.3 is 5.97 Å². The Kier molecular flexibility index (Phi) is 4.07. The summed E-state index contributed by atoms with van der Waals surface area (Å²) in [7, 11) is 0. The van der Waals surface area contributed by atoms with Gasteiger partial charge in [-0.05, 0) is 12.1 Å². The van der Waals surface area contributed by atoms with E-state index >= 15 is 0 Å².